The van der Waals surface area contributed by atoms with E-state index in [1.165, 1.54) is 20.9 Å². The molecule has 0 radical (unpaired) electrons. The maximum atomic E-state index is 12.7. The van der Waals surface area contributed by atoms with Gasteiger partial charge in [-0.05, 0) is 13.8 Å². The number of halogens is 4. The fourth-order valence-corrected chi connectivity index (χ4v) is 1.70. The van der Waals surface area contributed by atoms with E-state index in [-0.39, 0.29) is 10.7 Å². The van der Waals surface area contributed by atoms with Crippen molar-refractivity contribution in [3.05, 3.63) is 16.4 Å². The molecule has 0 aliphatic heterocycles. The number of aryl methyl sites for hydroxylation is 1. The lowest BCUT2D eigenvalue weighted by Gasteiger charge is -2.18. The summed E-state index contributed by atoms with van der Waals surface area (Å²) in [6, 6.07) is 0. The Hall–Kier alpha value is -1.04. The highest BCUT2D eigenvalue weighted by Gasteiger charge is 2.43. The molecule has 0 aliphatic rings. The fraction of sp³-hybridized carbons (Fsp3) is 0.556. The lowest BCUT2D eigenvalue weighted by molar-refractivity contribution is -0.142. The Kier molecular flexibility index (Phi) is 3.06. The van der Waals surface area contributed by atoms with Gasteiger partial charge in [0.15, 0.2) is 5.69 Å². The number of carbonyl (C=O) groups is 1. The number of aldehydes is 1. The molecule has 0 aliphatic carbocycles. The molecular weight excluding hydrogens is 245 g/mol. The molecule has 3 nitrogen and oxygen atoms in total. The van der Waals surface area contributed by atoms with Crippen LogP contribution in [0, 0.1) is 0 Å². The van der Waals surface area contributed by atoms with Gasteiger partial charge in [-0.1, -0.05) is 11.6 Å². The molecule has 1 rings (SSSR count). The molecule has 0 atom stereocenters. The molecule has 1 heterocycles. The van der Waals surface area contributed by atoms with Gasteiger partial charge in [0.1, 0.15) is 11.4 Å². The molecule has 0 amide bonds. The van der Waals surface area contributed by atoms with Crippen molar-refractivity contribution >= 4 is 17.9 Å². The fourth-order valence-electron chi connectivity index (χ4n) is 1.33. The van der Waals surface area contributed by atoms with Gasteiger partial charge in [-0.15, -0.1) is 0 Å². The number of rotatable bonds is 2. The zero-order chi connectivity index (χ0) is 12.7. The van der Waals surface area contributed by atoms with E-state index in [2.05, 4.69) is 5.10 Å². The number of alkyl halides is 3. The molecule has 0 unspecified atom stereocenters. The van der Waals surface area contributed by atoms with Crippen LogP contribution in [0.2, 0.25) is 5.15 Å². The monoisotopic (exact) mass is 254 g/mol. The number of hydrogen-bond acceptors (Lipinski definition) is 2. The second-order valence-corrected chi connectivity index (χ2v) is 4.33. The van der Waals surface area contributed by atoms with Gasteiger partial charge >= 0.3 is 6.18 Å². The van der Waals surface area contributed by atoms with Crippen LogP contribution in [0.15, 0.2) is 0 Å². The average Bonchev–Trinajstić information content (AvgIpc) is 2.43. The van der Waals surface area contributed by atoms with Crippen molar-refractivity contribution in [2.75, 3.05) is 0 Å². The third-order valence-electron chi connectivity index (χ3n) is 2.18. The minimum Gasteiger partial charge on any atom is -0.302 e. The minimum absolute atomic E-state index is 0.176. The highest BCUT2D eigenvalue weighted by atomic mass is 35.5. The SMILES string of the molecule is Cn1nc(C(F)(F)F)c(C(C)(C)C=O)c1Cl. The third kappa shape index (κ3) is 2.07. The van der Waals surface area contributed by atoms with Gasteiger partial charge in [-0.3, -0.25) is 4.68 Å². The van der Waals surface area contributed by atoms with Crippen molar-refractivity contribution in [1.82, 2.24) is 9.78 Å². The smallest absolute Gasteiger partial charge is 0.302 e. The Morgan fingerprint density at radius 3 is 2.25 bits per heavy atom. The first-order chi connectivity index (χ1) is 7.11. The molecule has 0 bridgehead atoms. The molecule has 0 saturated carbocycles. The lowest BCUT2D eigenvalue weighted by atomic mass is 9.86. The zero-order valence-electron chi connectivity index (χ0n) is 8.89. The molecule has 0 aromatic carbocycles. The summed E-state index contributed by atoms with van der Waals surface area (Å²) in [5.41, 5.74) is -2.73. The lowest BCUT2D eigenvalue weighted by Crippen LogP contribution is -2.23. The van der Waals surface area contributed by atoms with E-state index >= 15 is 0 Å². The van der Waals surface area contributed by atoms with Gasteiger partial charge < -0.3 is 4.79 Å². The maximum Gasteiger partial charge on any atom is 0.435 e. The van der Waals surface area contributed by atoms with Crippen LogP contribution in [-0.4, -0.2) is 16.1 Å². The maximum absolute atomic E-state index is 12.7. The molecule has 7 heteroatoms. The highest BCUT2D eigenvalue weighted by molar-refractivity contribution is 6.30. The molecule has 16 heavy (non-hydrogen) atoms. The van der Waals surface area contributed by atoms with Crippen LogP contribution in [0.5, 0.6) is 0 Å². The molecule has 0 saturated heterocycles. The van der Waals surface area contributed by atoms with Crippen LogP contribution in [0.25, 0.3) is 0 Å². The van der Waals surface area contributed by atoms with Gasteiger partial charge in [0.25, 0.3) is 0 Å². The van der Waals surface area contributed by atoms with Crippen LogP contribution in [0.3, 0.4) is 0 Å². The second-order valence-electron chi connectivity index (χ2n) is 3.98. The molecule has 1 aromatic heterocycles. The van der Waals surface area contributed by atoms with Gasteiger partial charge in [0, 0.05) is 12.6 Å². The molecule has 1 aromatic rings. The molecule has 0 N–H and O–H groups in total. The summed E-state index contributed by atoms with van der Waals surface area (Å²) in [7, 11) is 1.29. The van der Waals surface area contributed by atoms with Crippen molar-refractivity contribution in [3.63, 3.8) is 0 Å². The van der Waals surface area contributed by atoms with Crippen molar-refractivity contribution < 1.29 is 18.0 Å². The summed E-state index contributed by atoms with van der Waals surface area (Å²) in [5.74, 6) is 0. The van der Waals surface area contributed by atoms with Crippen LogP contribution >= 0.6 is 11.6 Å². The Morgan fingerprint density at radius 2 is 1.88 bits per heavy atom. The van der Waals surface area contributed by atoms with Gasteiger partial charge in [-0.2, -0.15) is 18.3 Å². The van der Waals surface area contributed by atoms with E-state index < -0.39 is 17.3 Å². The van der Waals surface area contributed by atoms with Crippen LogP contribution < -0.4 is 0 Å². The first kappa shape index (κ1) is 13.0. The van der Waals surface area contributed by atoms with Gasteiger partial charge in [0.05, 0.1) is 5.41 Å². The van der Waals surface area contributed by atoms with Crippen molar-refractivity contribution in [3.8, 4) is 0 Å². The van der Waals surface area contributed by atoms with Crippen molar-refractivity contribution in [1.29, 1.82) is 0 Å². The normalized spacial score (nSPS) is 12.9. The predicted octanol–water partition coefficient (Wildman–Crippen LogP) is 2.57. The first-order valence-corrected chi connectivity index (χ1v) is 4.75. The molecule has 0 fully saturated rings. The summed E-state index contributed by atoms with van der Waals surface area (Å²) >= 11 is 5.72. The Morgan fingerprint density at radius 1 is 1.38 bits per heavy atom. The van der Waals surface area contributed by atoms with E-state index in [1.54, 1.807) is 0 Å². The van der Waals surface area contributed by atoms with Crippen LogP contribution in [-0.2, 0) is 23.4 Å². The molecule has 0 spiro atoms. The van der Waals surface area contributed by atoms with E-state index in [9.17, 15) is 18.0 Å². The minimum atomic E-state index is -4.62. The summed E-state index contributed by atoms with van der Waals surface area (Å²) in [4.78, 5) is 10.8. The summed E-state index contributed by atoms with van der Waals surface area (Å²) in [6.45, 7) is 2.72. The summed E-state index contributed by atoms with van der Waals surface area (Å²) in [6.07, 6.45) is -4.20. The average molecular weight is 255 g/mol. The van der Waals surface area contributed by atoms with E-state index in [1.807, 2.05) is 0 Å². The molecule has 90 valence electrons. The number of nitrogens with zero attached hydrogens (tertiary/aromatic N) is 2. The number of aromatic nitrogens is 2. The summed E-state index contributed by atoms with van der Waals surface area (Å²) < 4.78 is 38.9. The number of carbonyl (C=O) groups excluding carboxylic acids is 1. The standard InChI is InChI=1S/C9H10ClF3N2O/c1-8(2,4-16)5-6(9(11,12)13)14-15(3)7(5)10/h4H,1-3H3. The Bertz CT molecular complexity index is 423. The zero-order valence-corrected chi connectivity index (χ0v) is 9.65. The van der Waals surface area contributed by atoms with Crippen molar-refractivity contribution in [2.45, 2.75) is 25.4 Å². The van der Waals surface area contributed by atoms with Crippen molar-refractivity contribution in [2.24, 2.45) is 7.05 Å². The van der Waals surface area contributed by atoms with E-state index in [0.717, 1.165) is 4.68 Å². The summed E-state index contributed by atoms with van der Waals surface area (Å²) in [5, 5.41) is 3.12. The third-order valence-corrected chi connectivity index (χ3v) is 2.62. The van der Waals surface area contributed by atoms with Crippen LogP contribution in [0.1, 0.15) is 25.1 Å². The largest absolute Gasteiger partial charge is 0.435 e. The van der Waals surface area contributed by atoms with Gasteiger partial charge in [0.2, 0.25) is 0 Å². The van der Waals surface area contributed by atoms with Crippen LogP contribution in [0.4, 0.5) is 13.2 Å². The van der Waals surface area contributed by atoms with E-state index in [0.29, 0.717) is 6.29 Å². The second kappa shape index (κ2) is 3.76. The molecular formula is C9H10ClF3N2O. The quantitative estimate of drug-likeness (QED) is 0.761. The first-order valence-electron chi connectivity index (χ1n) is 4.37. The van der Waals surface area contributed by atoms with Gasteiger partial charge in [-0.25, -0.2) is 0 Å². The Balaban J connectivity index is 3.54. The Labute approximate surface area is 95.2 Å². The highest BCUT2D eigenvalue weighted by Crippen LogP contribution is 2.39. The number of hydrogen-bond donors (Lipinski definition) is 0. The van der Waals surface area contributed by atoms with E-state index in [4.69, 9.17) is 11.6 Å². The topological polar surface area (TPSA) is 34.9 Å². The predicted molar refractivity (Wildman–Crippen MR) is 52.3 cm³/mol.